The van der Waals surface area contributed by atoms with Crippen LogP contribution in [0.25, 0.3) is 0 Å². The molecule has 2 aromatic rings. The predicted octanol–water partition coefficient (Wildman–Crippen LogP) is 3.03. The molecule has 1 N–H and O–H groups in total. The number of thiophene rings is 1. The van der Waals surface area contributed by atoms with Crippen molar-refractivity contribution in [3.8, 4) is 5.75 Å². The van der Waals surface area contributed by atoms with Crippen molar-refractivity contribution in [2.24, 2.45) is 0 Å². The fraction of sp³-hybridized carbons (Fsp3) is 0.214. The Morgan fingerprint density at radius 2 is 2.11 bits per heavy atom. The van der Waals surface area contributed by atoms with Crippen LogP contribution in [0.15, 0.2) is 41.8 Å². The first-order chi connectivity index (χ1) is 9.29. The van der Waals surface area contributed by atoms with Gasteiger partial charge in [0.05, 0.1) is 13.2 Å². The molecule has 1 saturated heterocycles. The van der Waals surface area contributed by atoms with Gasteiger partial charge in [-0.2, -0.15) is 0 Å². The molecule has 1 aliphatic heterocycles. The average molecular weight is 274 g/mol. The number of ether oxygens (including phenoxy) is 1. The number of carbonyl (C=O) groups excluding carboxylic acids is 1. The lowest BCUT2D eigenvalue weighted by Gasteiger charge is -2.22. The molecule has 3 rings (SSSR count). The highest BCUT2D eigenvalue weighted by Crippen LogP contribution is 2.33. The van der Waals surface area contributed by atoms with Crippen LogP contribution in [0, 0.1) is 0 Å². The van der Waals surface area contributed by atoms with Crippen LogP contribution in [0.3, 0.4) is 0 Å². The van der Waals surface area contributed by atoms with Gasteiger partial charge in [-0.3, -0.25) is 4.90 Å². The van der Waals surface area contributed by atoms with Gasteiger partial charge < -0.3 is 10.1 Å². The van der Waals surface area contributed by atoms with Crippen LogP contribution in [0.4, 0.5) is 10.5 Å². The van der Waals surface area contributed by atoms with Crippen LogP contribution in [0.5, 0.6) is 5.75 Å². The van der Waals surface area contributed by atoms with Gasteiger partial charge in [0, 0.05) is 17.1 Å². The van der Waals surface area contributed by atoms with E-state index in [2.05, 4.69) is 11.4 Å². The largest absolute Gasteiger partial charge is 0.497 e. The minimum Gasteiger partial charge on any atom is -0.497 e. The Morgan fingerprint density at radius 3 is 2.74 bits per heavy atom. The maximum Gasteiger partial charge on any atom is 0.322 e. The van der Waals surface area contributed by atoms with Crippen molar-refractivity contribution < 1.29 is 9.53 Å². The number of amides is 2. The zero-order valence-electron chi connectivity index (χ0n) is 10.5. The molecule has 5 heteroatoms. The van der Waals surface area contributed by atoms with Gasteiger partial charge in [0.25, 0.3) is 0 Å². The van der Waals surface area contributed by atoms with Crippen LogP contribution >= 0.6 is 11.3 Å². The quantitative estimate of drug-likeness (QED) is 0.934. The van der Waals surface area contributed by atoms with E-state index in [-0.39, 0.29) is 12.1 Å². The molecule has 4 nitrogen and oxygen atoms in total. The standard InChI is InChI=1S/C14H14N2O2S/c1-18-11-6-4-10(5-7-11)16-12(9-15-14(16)17)13-3-2-8-19-13/h2-8,12H,9H2,1H3,(H,15,17). The molecule has 0 bridgehead atoms. The van der Waals surface area contributed by atoms with E-state index in [0.29, 0.717) is 6.54 Å². The first kappa shape index (κ1) is 12.0. The summed E-state index contributed by atoms with van der Waals surface area (Å²) in [6.07, 6.45) is 0. The number of benzene rings is 1. The van der Waals surface area contributed by atoms with E-state index >= 15 is 0 Å². The topological polar surface area (TPSA) is 41.6 Å². The first-order valence-corrected chi connectivity index (χ1v) is 6.92. The number of nitrogens with one attached hydrogen (secondary N) is 1. The number of hydrogen-bond acceptors (Lipinski definition) is 3. The van der Waals surface area contributed by atoms with Gasteiger partial charge in [0.2, 0.25) is 0 Å². The summed E-state index contributed by atoms with van der Waals surface area (Å²) in [6.45, 7) is 0.644. The van der Waals surface area contributed by atoms with Crippen molar-refractivity contribution in [1.29, 1.82) is 0 Å². The number of rotatable bonds is 3. The highest BCUT2D eigenvalue weighted by atomic mass is 32.1. The van der Waals surface area contributed by atoms with Crippen LogP contribution in [0.1, 0.15) is 10.9 Å². The third-order valence-corrected chi connectivity index (χ3v) is 4.17. The Morgan fingerprint density at radius 1 is 1.32 bits per heavy atom. The van der Waals surface area contributed by atoms with Crippen molar-refractivity contribution in [2.75, 3.05) is 18.6 Å². The summed E-state index contributed by atoms with van der Waals surface area (Å²) >= 11 is 1.67. The second-order valence-corrected chi connectivity index (χ2v) is 5.26. The molecule has 1 fully saturated rings. The third-order valence-electron chi connectivity index (χ3n) is 3.20. The highest BCUT2D eigenvalue weighted by Gasteiger charge is 2.33. The molecular weight excluding hydrogens is 260 g/mol. The molecule has 98 valence electrons. The fourth-order valence-corrected chi connectivity index (χ4v) is 3.07. The van der Waals surface area contributed by atoms with Gasteiger partial charge >= 0.3 is 6.03 Å². The average Bonchev–Trinajstić information content (AvgIpc) is 3.08. The molecule has 0 saturated carbocycles. The third kappa shape index (κ3) is 2.17. The summed E-state index contributed by atoms with van der Waals surface area (Å²) in [7, 11) is 1.63. The van der Waals surface area contributed by atoms with Crippen molar-refractivity contribution in [3.63, 3.8) is 0 Å². The number of carbonyl (C=O) groups is 1. The highest BCUT2D eigenvalue weighted by molar-refractivity contribution is 7.10. The minimum absolute atomic E-state index is 0.0523. The molecule has 0 spiro atoms. The van der Waals surface area contributed by atoms with Gasteiger partial charge in [-0.1, -0.05) is 6.07 Å². The second kappa shape index (κ2) is 4.93. The Hall–Kier alpha value is -2.01. The molecule has 0 radical (unpaired) electrons. The molecule has 1 aromatic carbocycles. The zero-order valence-corrected chi connectivity index (χ0v) is 11.3. The van der Waals surface area contributed by atoms with Crippen molar-refractivity contribution in [3.05, 3.63) is 46.7 Å². The molecule has 2 amide bonds. The number of nitrogens with zero attached hydrogens (tertiary/aromatic N) is 1. The van der Waals surface area contributed by atoms with Gasteiger partial charge in [0.15, 0.2) is 0 Å². The smallest absolute Gasteiger partial charge is 0.322 e. The Kier molecular flexibility index (Phi) is 3.13. The zero-order chi connectivity index (χ0) is 13.2. The van der Waals surface area contributed by atoms with Crippen molar-refractivity contribution in [1.82, 2.24) is 5.32 Å². The van der Waals surface area contributed by atoms with Crippen LogP contribution in [-0.4, -0.2) is 19.7 Å². The summed E-state index contributed by atoms with van der Waals surface area (Å²) in [4.78, 5) is 15.0. The molecule has 1 aromatic heterocycles. The summed E-state index contributed by atoms with van der Waals surface area (Å²) in [5, 5.41) is 4.93. The first-order valence-electron chi connectivity index (χ1n) is 6.04. The summed E-state index contributed by atoms with van der Waals surface area (Å²) < 4.78 is 5.14. The van der Waals surface area contributed by atoms with Crippen LogP contribution in [-0.2, 0) is 0 Å². The number of methoxy groups -OCH3 is 1. The van der Waals surface area contributed by atoms with E-state index in [0.717, 1.165) is 11.4 Å². The van der Waals surface area contributed by atoms with Crippen molar-refractivity contribution in [2.45, 2.75) is 6.04 Å². The monoisotopic (exact) mass is 274 g/mol. The van der Waals surface area contributed by atoms with Crippen molar-refractivity contribution >= 4 is 23.1 Å². The molecule has 1 aliphatic rings. The fourth-order valence-electron chi connectivity index (χ4n) is 2.25. The minimum atomic E-state index is -0.0523. The van der Waals surface area contributed by atoms with E-state index in [9.17, 15) is 4.79 Å². The Bertz CT molecular complexity index is 566. The lowest BCUT2D eigenvalue weighted by molar-refractivity contribution is 0.251. The molecular formula is C14H14N2O2S. The summed E-state index contributed by atoms with van der Waals surface area (Å²) in [5.41, 5.74) is 0.884. The lowest BCUT2D eigenvalue weighted by atomic mass is 10.2. The summed E-state index contributed by atoms with van der Waals surface area (Å²) in [6, 6.07) is 11.6. The summed E-state index contributed by atoms with van der Waals surface area (Å²) in [5.74, 6) is 0.788. The number of hydrogen-bond donors (Lipinski definition) is 1. The normalized spacial score (nSPS) is 18.5. The number of anilines is 1. The lowest BCUT2D eigenvalue weighted by Crippen LogP contribution is -2.29. The van der Waals surface area contributed by atoms with Crippen LogP contribution in [0.2, 0.25) is 0 Å². The maximum atomic E-state index is 12.0. The maximum absolute atomic E-state index is 12.0. The van der Waals surface area contributed by atoms with E-state index < -0.39 is 0 Å². The van der Waals surface area contributed by atoms with E-state index in [4.69, 9.17) is 4.74 Å². The molecule has 1 atom stereocenters. The van der Waals surface area contributed by atoms with E-state index in [1.165, 1.54) is 4.88 Å². The molecule has 0 aliphatic carbocycles. The van der Waals surface area contributed by atoms with E-state index in [1.54, 1.807) is 23.3 Å². The SMILES string of the molecule is COc1ccc(N2C(=O)NCC2c2cccs2)cc1. The number of urea groups is 1. The molecule has 19 heavy (non-hydrogen) atoms. The van der Waals surface area contributed by atoms with Gasteiger partial charge in [0.1, 0.15) is 5.75 Å². The molecule has 2 heterocycles. The molecule has 1 unspecified atom stereocenters. The van der Waals surface area contributed by atoms with E-state index in [1.807, 2.05) is 35.7 Å². The second-order valence-electron chi connectivity index (χ2n) is 4.29. The predicted molar refractivity (Wildman–Crippen MR) is 75.9 cm³/mol. The van der Waals surface area contributed by atoms with Gasteiger partial charge in [-0.25, -0.2) is 4.79 Å². The van der Waals surface area contributed by atoms with Gasteiger partial charge in [-0.15, -0.1) is 11.3 Å². The Labute approximate surface area is 115 Å². The Balaban J connectivity index is 1.93. The van der Waals surface area contributed by atoms with Gasteiger partial charge in [-0.05, 0) is 35.7 Å². The van der Waals surface area contributed by atoms with Crippen LogP contribution < -0.4 is 15.0 Å².